The molecule has 68 valence electrons. The average Bonchev–Trinajstić information content (AvgIpc) is 2.50. The van der Waals surface area contributed by atoms with Gasteiger partial charge in [0.05, 0.1) is 4.99 Å². The maximum atomic E-state index is 10.7. The lowest BCUT2D eigenvalue weighted by Gasteiger charge is -2.23. The summed E-state index contributed by atoms with van der Waals surface area (Å²) in [6.07, 6.45) is 2.44. The number of carbonyl (C=O) groups is 1. The molecule has 0 aromatic heterocycles. The van der Waals surface area contributed by atoms with Gasteiger partial charge in [0.1, 0.15) is 6.04 Å². The van der Waals surface area contributed by atoms with E-state index in [-0.39, 0.29) is 6.04 Å². The van der Waals surface area contributed by atoms with Crippen LogP contribution in [0.5, 0.6) is 0 Å². The monoisotopic (exact) mass is 187 g/mol. The quantitative estimate of drug-likeness (QED) is 0.661. The number of aliphatic carboxylic acids is 1. The van der Waals surface area contributed by atoms with Crippen LogP contribution in [0, 0.1) is 0 Å². The normalized spacial score (nSPS) is 22.8. The van der Waals surface area contributed by atoms with Crippen molar-refractivity contribution in [2.45, 2.75) is 32.2 Å². The van der Waals surface area contributed by atoms with Gasteiger partial charge in [-0.3, -0.25) is 0 Å². The second-order valence-electron chi connectivity index (χ2n) is 2.94. The summed E-state index contributed by atoms with van der Waals surface area (Å²) in [5, 5.41) is 8.83. The van der Waals surface area contributed by atoms with Crippen LogP contribution in [0.2, 0.25) is 0 Å². The molecule has 1 rings (SSSR count). The van der Waals surface area contributed by atoms with Gasteiger partial charge in [-0.05, 0) is 19.3 Å². The van der Waals surface area contributed by atoms with Crippen LogP contribution in [0.25, 0.3) is 0 Å². The van der Waals surface area contributed by atoms with Crippen molar-refractivity contribution in [2.24, 2.45) is 0 Å². The molecule has 0 spiro atoms. The predicted molar refractivity (Wildman–Crippen MR) is 50.3 cm³/mol. The van der Waals surface area contributed by atoms with Gasteiger partial charge < -0.3 is 10.0 Å². The number of nitrogens with zero attached hydrogens (tertiary/aromatic N) is 1. The first kappa shape index (κ1) is 9.45. The van der Waals surface area contributed by atoms with E-state index in [9.17, 15) is 4.79 Å². The zero-order valence-corrected chi connectivity index (χ0v) is 7.93. The highest BCUT2D eigenvalue weighted by Crippen LogP contribution is 2.18. The molecule has 1 saturated heterocycles. The number of carboxylic acid groups (broad SMARTS) is 1. The van der Waals surface area contributed by atoms with E-state index in [4.69, 9.17) is 17.3 Å². The van der Waals surface area contributed by atoms with Crippen LogP contribution in [-0.2, 0) is 4.79 Å². The minimum atomic E-state index is -0.747. The van der Waals surface area contributed by atoms with Crippen molar-refractivity contribution in [3.05, 3.63) is 0 Å². The van der Waals surface area contributed by atoms with Crippen molar-refractivity contribution in [1.82, 2.24) is 4.90 Å². The SMILES string of the molecule is CCC(=S)N1CCC[C@H]1C(=O)O. The van der Waals surface area contributed by atoms with E-state index in [0.29, 0.717) is 0 Å². The number of likely N-dealkylation sites (tertiary alicyclic amines) is 1. The predicted octanol–water partition coefficient (Wildman–Crippen LogP) is 1.27. The molecule has 1 aliphatic heterocycles. The molecule has 0 bridgehead atoms. The van der Waals surface area contributed by atoms with E-state index in [2.05, 4.69) is 0 Å². The molecular weight excluding hydrogens is 174 g/mol. The Labute approximate surface area is 77.4 Å². The molecule has 1 atom stereocenters. The summed E-state index contributed by atoms with van der Waals surface area (Å²) in [7, 11) is 0. The standard InChI is InChI=1S/C8H13NO2S/c1-2-7(12)9-5-3-4-6(9)8(10)11/h6H,2-5H2,1H3,(H,10,11)/t6-/m0/s1. The molecule has 3 nitrogen and oxygen atoms in total. The van der Waals surface area contributed by atoms with Crippen molar-refractivity contribution in [1.29, 1.82) is 0 Å². The van der Waals surface area contributed by atoms with Crippen molar-refractivity contribution in [2.75, 3.05) is 6.54 Å². The Morgan fingerprint density at radius 2 is 2.42 bits per heavy atom. The van der Waals surface area contributed by atoms with Crippen LogP contribution in [0.4, 0.5) is 0 Å². The summed E-state index contributed by atoms with van der Waals surface area (Å²) in [5.74, 6) is -0.747. The molecule has 0 aromatic rings. The minimum absolute atomic E-state index is 0.363. The van der Waals surface area contributed by atoms with Gasteiger partial charge in [0.25, 0.3) is 0 Å². The number of hydrogen-bond donors (Lipinski definition) is 1. The highest BCUT2D eigenvalue weighted by atomic mass is 32.1. The maximum Gasteiger partial charge on any atom is 0.326 e. The van der Waals surface area contributed by atoms with Crippen LogP contribution in [-0.4, -0.2) is 33.6 Å². The second kappa shape index (κ2) is 3.85. The Morgan fingerprint density at radius 1 is 1.75 bits per heavy atom. The molecule has 1 aliphatic rings. The topological polar surface area (TPSA) is 40.5 Å². The zero-order chi connectivity index (χ0) is 9.14. The molecule has 1 heterocycles. The molecule has 4 heteroatoms. The zero-order valence-electron chi connectivity index (χ0n) is 7.12. The third-order valence-corrected chi connectivity index (χ3v) is 2.68. The average molecular weight is 187 g/mol. The van der Waals surface area contributed by atoms with E-state index >= 15 is 0 Å². The van der Waals surface area contributed by atoms with E-state index in [1.165, 1.54) is 0 Å². The molecular formula is C8H13NO2S. The molecule has 0 aliphatic carbocycles. The fourth-order valence-corrected chi connectivity index (χ4v) is 1.74. The second-order valence-corrected chi connectivity index (χ2v) is 3.41. The molecule has 0 saturated carbocycles. The third kappa shape index (κ3) is 1.75. The Morgan fingerprint density at radius 3 is 2.92 bits per heavy atom. The number of hydrogen-bond acceptors (Lipinski definition) is 2. The van der Waals surface area contributed by atoms with E-state index in [0.717, 1.165) is 30.8 Å². The van der Waals surface area contributed by atoms with Crippen LogP contribution >= 0.6 is 12.2 Å². The van der Waals surface area contributed by atoms with Crippen LogP contribution in [0.3, 0.4) is 0 Å². The van der Waals surface area contributed by atoms with Crippen LogP contribution in [0.1, 0.15) is 26.2 Å². The lowest BCUT2D eigenvalue weighted by molar-refractivity contribution is -0.140. The Hall–Kier alpha value is -0.640. The fourth-order valence-electron chi connectivity index (χ4n) is 1.53. The smallest absolute Gasteiger partial charge is 0.326 e. The first-order valence-corrected chi connectivity index (χ1v) is 4.60. The first-order valence-electron chi connectivity index (χ1n) is 4.19. The van der Waals surface area contributed by atoms with E-state index in [1.54, 1.807) is 0 Å². The number of carboxylic acids is 1. The number of rotatable bonds is 2. The Balaban J connectivity index is 2.63. The fraction of sp³-hybridized carbons (Fsp3) is 0.750. The van der Waals surface area contributed by atoms with Gasteiger partial charge in [-0.2, -0.15) is 0 Å². The minimum Gasteiger partial charge on any atom is -0.480 e. The van der Waals surface area contributed by atoms with Gasteiger partial charge in [-0.25, -0.2) is 4.79 Å². The third-order valence-electron chi connectivity index (χ3n) is 2.16. The first-order chi connectivity index (χ1) is 5.66. The summed E-state index contributed by atoms with van der Waals surface area (Å²) in [5.41, 5.74) is 0. The lowest BCUT2D eigenvalue weighted by atomic mass is 10.2. The molecule has 1 N–H and O–H groups in total. The lowest BCUT2D eigenvalue weighted by Crippen LogP contribution is -2.39. The van der Waals surface area contributed by atoms with Crippen molar-refractivity contribution >= 4 is 23.2 Å². The van der Waals surface area contributed by atoms with Gasteiger partial charge in [0, 0.05) is 6.54 Å². The Kier molecular flexibility index (Phi) is 3.03. The highest BCUT2D eigenvalue weighted by molar-refractivity contribution is 7.80. The summed E-state index contributed by atoms with van der Waals surface area (Å²) >= 11 is 5.07. The largest absolute Gasteiger partial charge is 0.480 e. The van der Waals surface area contributed by atoms with E-state index < -0.39 is 5.97 Å². The van der Waals surface area contributed by atoms with Crippen LogP contribution in [0.15, 0.2) is 0 Å². The molecule has 0 radical (unpaired) electrons. The molecule has 1 fully saturated rings. The van der Waals surface area contributed by atoms with Gasteiger partial charge in [0.15, 0.2) is 0 Å². The maximum absolute atomic E-state index is 10.7. The van der Waals surface area contributed by atoms with Gasteiger partial charge in [-0.15, -0.1) is 0 Å². The van der Waals surface area contributed by atoms with Gasteiger partial charge >= 0.3 is 5.97 Å². The Bertz CT molecular complexity index is 205. The van der Waals surface area contributed by atoms with Gasteiger partial charge in [0.2, 0.25) is 0 Å². The van der Waals surface area contributed by atoms with Crippen LogP contribution < -0.4 is 0 Å². The molecule has 0 unspecified atom stereocenters. The van der Waals surface area contributed by atoms with E-state index in [1.807, 2.05) is 11.8 Å². The molecule has 12 heavy (non-hydrogen) atoms. The molecule has 0 amide bonds. The summed E-state index contributed by atoms with van der Waals surface area (Å²) < 4.78 is 0. The van der Waals surface area contributed by atoms with Crippen molar-refractivity contribution < 1.29 is 9.90 Å². The number of thiocarbonyl (C=S) groups is 1. The summed E-state index contributed by atoms with van der Waals surface area (Å²) in [6.45, 7) is 2.77. The summed E-state index contributed by atoms with van der Waals surface area (Å²) in [4.78, 5) is 13.3. The highest BCUT2D eigenvalue weighted by Gasteiger charge is 2.31. The summed E-state index contributed by atoms with van der Waals surface area (Å²) in [6, 6.07) is -0.363. The molecule has 0 aromatic carbocycles. The van der Waals surface area contributed by atoms with Gasteiger partial charge in [-0.1, -0.05) is 19.1 Å². The van der Waals surface area contributed by atoms with Crippen molar-refractivity contribution in [3.8, 4) is 0 Å². The van der Waals surface area contributed by atoms with Crippen molar-refractivity contribution in [3.63, 3.8) is 0 Å².